The zero-order valence-corrected chi connectivity index (χ0v) is 18.1. The van der Waals surface area contributed by atoms with Gasteiger partial charge in [-0.2, -0.15) is 0 Å². The molecule has 28 heavy (non-hydrogen) atoms. The fourth-order valence-corrected chi connectivity index (χ4v) is 3.64. The second-order valence-electron chi connectivity index (χ2n) is 6.04. The summed E-state index contributed by atoms with van der Waals surface area (Å²) in [6.45, 7) is 4.18. The fraction of sp³-hybridized carbons (Fsp3) is 0.167. The van der Waals surface area contributed by atoms with Crippen molar-refractivity contribution in [2.24, 2.45) is 5.14 Å². The first-order valence-electron chi connectivity index (χ1n) is 8.05. The molecular formula is C18H21N3O4S3. The summed E-state index contributed by atoms with van der Waals surface area (Å²) in [5, 5.41) is 10.1. The summed E-state index contributed by atoms with van der Waals surface area (Å²) in [5.41, 5.74) is 5.33. The standard InChI is InChI=1S/C18H18N2O2S2.H3NO2S/c1-12-4-5-14(10-13(12)2)17-11-23-18(20-17)19-15-6-8-16(9-7-15)24(3,21)22;1-4(2)3/h4-11H,1-3H3,(H,19,20);4H,(H2,1,2,3). The van der Waals surface area contributed by atoms with E-state index in [-0.39, 0.29) is 0 Å². The molecule has 0 amide bonds. The van der Waals surface area contributed by atoms with Crippen LogP contribution >= 0.6 is 11.3 Å². The van der Waals surface area contributed by atoms with Crippen molar-refractivity contribution in [3.63, 3.8) is 0 Å². The number of nitrogens with zero attached hydrogens (tertiary/aromatic N) is 1. The molecule has 1 aromatic heterocycles. The fourth-order valence-electron chi connectivity index (χ4n) is 2.27. The molecule has 0 aliphatic heterocycles. The molecule has 150 valence electrons. The van der Waals surface area contributed by atoms with Gasteiger partial charge in [0.05, 0.1) is 10.6 Å². The summed E-state index contributed by atoms with van der Waals surface area (Å²) < 4.78 is 40.6. The van der Waals surface area contributed by atoms with Crippen LogP contribution in [0.15, 0.2) is 52.7 Å². The quantitative estimate of drug-likeness (QED) is 0.538. The molecule has 3 N–H and O–H groups in total. The van der Waals surface area contributed by atoms with Crippen molar-refractivity contribution >= 4 is 42.9 Å². The van der Waals surface area contributed by atoms with Crippen molar-refractivity contribution in [1.82, 2.24) is 4.98 Å². The van der Waals surface area contributed by atoms with E-state index in [2.05, 4.69) is 47.5 Å². The largest absolute Gasteiger partial charge is 0.332 e. The maximum Gasteiger partial charge on any atom is 0.198 e. The first kappa shape index (κ1) is 22.0. The third-order valence-corrected chi connectivity index (χ3v) is 5.73. The maximum atomic E-state index is 11.5. The number of sulfone groups is 1. The number of thiazole rings is 1. The van der Waals surface area contributed by atoms with Crippen molar-refractivity contribution < 1.29 is 16.8 Å². The summed E-state index contributed by atoms with van der Waals surface area (Å²) >= 11 is 1.52. The summed E-state index contributed by atoms with van der Waals surface area (Å²) in [7, 11) is -5.79. The lowest BCUT2D eigenvalue weighted by atomic mass is 10.1. The van der Waals surface area contributed by atoms with Gasteiger partial charge >= 0.3 is 0 Å². The zero-order valence-electron chi connectivity index (χ0n) is 15.5. The number of anilines is 2. The van der Waals surface area contributed by atoms with Crippen LogP contribution in [0.1, 0.15) is 11.1 Å². The lowest BCUT2D eigenvalue weighted by Gasteiger charge is -2.04. The minimum absolute atomic E-state index is 0.308. The Morgan fingerprint density at radius 2 is 1.64 bits per heavy atom. The number of aromatic nitrogens is 1. The Morgan fingerprint density at radius 3 is 2.18 bits per heavy atom. The van der Waals surface area contributed by atoms with Gasteiger partial charge in [-0.05, 0) is 55.3 Å². The van der Waals surface area contributed by atoms with Crippen LogP contribution in [0, 0.1) is 13.8 Å². The van der Waals surface area contributed by atoms with Crippen molar-refractivity contribution in [1.29, 1.82) is 0 Å². The SMILES string of the molecule is Cc1ccc(-c2csc(Nc3ccc(S(C)(=O)=O)cc3)n2)cc1C.N[SH](=O)=O. The van der Waals surface area contributed by atoms with Gasteiger partial charge in [0, 0.05) is 22.9 Å². The van der Waals surface area contributed by atoms with Crippen LogP contribution in [-0.2, 0) is 20.7 Å². The number of thiol groups is 1. The highest BCUT2D eigenvalue weighted by molar-refractivity contribution is 7.90. The molecule has 3 rings (SSSR count). The average Bonchev–Trinajstić information content (AvgIpc) is 3.05. The van der Waals surface area contributed by atoms with E-state index < -0.39 is 20.7 Å². The van der Waals surface area contributed by atoms with Crippen LogP contribution in [0.3, 0.4) is 0 Å². The number of rotatable bonds is 4. The van der Waals surface area contributed by atoms with Crippen LogP contribution in [0.4, 0.5) is 10.8 Å². The van der Waals surface area contributed by atoms with E-state index in [0.717, 1.165) is 22.1 Å². The van der Waals surface area contributed by atoms with Crippen LogP contribution < -0.4 is 10.5 Å². The van der Waals surface area contributed by atoms with E-state index in [1.807, 2.05) is 5.38 Å². The van der Waals surface area contributed by atoms with E-state index in [9.17, 15) is 8.42 Å². The lowest BCUT2D eigenvalue weighted by molar-refractivity contribution is 0.601. The predicted octanol–water partition coefficient (Wildman–Crippen LogP) is 3.05. The molecule has 0 unspecified atom stereocenters. The Hall–Kier alpha value is -2.27. The normalized spacial score (nSPS) is 11.0. The third-order valence-electron chi connectivity index (χ3n) is 3.84. The van der Waals surface area contributed by atoms with E-state index >= 15 is 0 Å². The molecule has 0 radical (unpaired) electrons. The number of aryl methyl sites for hydroxylation is 2. The first-order chi connectivity index (χ1) is 13.1. The maximum absolute atomic E-state index is 11.5. The second kappa shape index (κ2) is 9.28. The molecule has 0 saturated heterocycles. The molecule has 0 saturated carbocycles. The van der Waals surface area contributed by atoms with E-state index in [1.54, 1.807) is 24.3 Å². The topological polar surface area (TPSA) is 119 Å². The summed E-state index contributed by atoms with van der Waals surface area (Å²) in [6, 6.07) is 13.0. The summed E-state index contributed by atoms with van der Waals surface area (Å²) in [5.74, 6) is 0. The van der Waals surface area contributed by atoms with Gasteiger partial charge in [0.2, 0.25) is 0 Å². The highest BCUT2D eigenvalue weighted by atomic mass is 32.2. The molecule has 7 nitrogen and oxygen atoms in total. The van der Waals surface area contributed by atoms with Crippen molar-refractivity contribution in [3.8, 4) is 11.3 Å². The van der Waals surface area contributed by atoms with E-state index in [4.69, 9.17) is 8.42 Å². The number of nitrogens with two attached hydrogens (primary N) is 1. The van der Waals surface area contributed by atoms with E-state index in [1.165, 1.54) is 28.7 Å². The lowest BCUT2D eigenvalue weighted by Crippen LogP contribution is -1.97. The first-order valence-corrected chi connectivity index (χ1v) is 12.1. The Balaban J connectivity index is 0.000000640. The zero-order chi connectivity index (χ0) is 20.9. The number of nitrogens with one attached hydrogen (secondary N) is 1. The van der Waals surface area contributed by atoms with Crippen molar-refractivity contribution in [2.75, 3.05) is 11.6 Å². The Morgan fingerprint density at radius 1 is 1.04 bits per heavy atom. The molecule has 0 bridgehead atoms. The van der Waals surface area contributed by atoms with Gasteiger partial charge in [-0.25, -0.2) is 27.0 Å². The van der Waals surface area contributed by atoms with Crippen LogP contribution in [0.5, 0.6) is 0 Å². The van der Waals surface area contributed by atoms with Gasteiger partial charge in [-0.3, -0.25) is 0 Å². The predicted molar refractivity (Wildman–Crippen MR) is 114 cm³/mol. The molecule has 0 atom stereocenters. The molecule has 0 fully saturated rings. The van der Waals surface area contributed by atoms with Gasteiger partial charge in [0.25, 0.3) is 0 Å². The Bertz CT molecular complexity index is 1130. The van der Waals surface area contributed by atoms with E-state index in [0.29, 0.717) is 4.90 Å². The van der Waals surface area contributed by atoms with Crippen molar-refractivity contribution in [2.45, 2.75) is 18.7 Å². The second-order valence-corrected chi connectivity index (χ2v) is 9.49. The highest BCUT2D eigenvalue weighted by Crippen LogP contribution is 2.28. The monoisotopic (exact) mass is 439 g/mol. The minimum atomic E-state index is -3.17. The van der Waals surface area contributed by atoms with Gasteiger partial charge in [-0.1, -0.05) is 12.1 Å². The number of hydrogen-bond donors (Lipinski definition) is 3. The van der Waals surface area contributed by atoms with Crippen LogP contribution in [0.25, 0.3) is 11.3 Å². The van der Waals surface area contributed by atoms with Crippen molar-refractivity contribution in [3.05, 3.63) is 59.0 Å². The third kappa shape index (κ3) is 6.41. The minimum Gasteiger partial charge on any atom is -0.332 e. The molecule has 10 heteroatoms. The van der Waals surface area contributed by atoms with Gasteiger partial charge in [-0.15, -0.1) is 11.3 Å². The molecule has 0 aliphatic carbocycles. The summed E-state index contributed by atoms with van der Waals surface area (Å²) in [6.07, 6.45) is 1.20. The van der Waals surface area contributed by atoms with Gasteiger partial charge in [0.15, 0.2) is 25.9 Å². The molecular weight excluding hydrogens is 418 g/mol. The molecule has 0 spiro atoms. The summed E-state index contributed by atoms with van der Waals surface area (Å²) in [4.78, 5) is 4.92. The molecule has 2 aromatic carbocycles. The van der Waals surface area contributed by atoms with Gasteiger partial charge in [0.1, 0.15) is 0 Å². The molecule has 1 heterocycles. The Labute approximate surface area is 170 Å². The molecule has 0 aliphatic rings. The van der Waals surface area contributed by atoms with Crippen LogP contribution in [0.2, 0.25) is 0 Å². The smallest absolute Gasteiger partial charge is 0.198 e. The number of hydrogen-bond acceptors (Lipinski definition) is 7. The Kier molecular flexibility index (Phi) is 7.30. The highest BCUT2D eigenvalue weighted by Gasteiger charge is 2.08. The molecule has 3 aromatic rings. The number of benzene rings is 2. The average molecular weight is 440 g/mol. The van der Waals surface area contributed by atoms with Crippen LogP contribution in [-0.4, -0.2) is 28.1 Å². The van der Waals surface area contributed by atoms with Gasteiger partial charge < -0.3 is 5.32 Å².